The van der Waals surface area contributed by atoms with Crippen molar-refractivity contribution in [2.24, 2.45) is 0 Å². The van der Waals surface area contributed by atoms with E-state index in [0.717, 1.165) is 0 Å². The van der Waals surface area contributed by atoms with Crippen LogP contribution < -0.4 is 19.5 Å². The molecule has 0 fully saturated rings. The normalized spacial score (nSPS) is 11.3. The molecule has 7 heteroatoms. The zero-order chi connectivity index (χ0) is 19.8. The van der Waals surface area contributed by atoms with Gasteiger partial charge in [0.05, 0.1) is 26.4 Å². The Kier molecular flexibility index (Phi) is 7.05. The second-order valence-corrected chi connectivity index (χ2v) is 5.60. The Labute approximate surface area is 158 Å². The number of nitrogens with one attached hydrogen (secondary N) is 1. The number of esters is 1. The number of carbonyl (C=O) groups is 2. The van der Waals surface area contributed by atoms with E-state index in [4.69, 9.17) is 18.9 Å². The highest BCUT2D eigenvalue weighted by Crippen LogP contribution is 2.23. The van der Waals surface area contributed by atoms with Gasteiger partial charge in [-0.2, -0.15) is 0 Å². The maximum Gasteiger partial charge on any atom is 0.339 e. The van der Waals surface area contributed by atoms with Crippen LogP contribution in [0.5, 0.6) is 17.2 Å². The zero-order valence-corrected chi connectivity index (χ0v) is 15.8. The van der Waals surface area contributed by atoms with Crippen molar-refractivity contribution in [3.63, 3.8) is 0 Å². The fraction of sp³-hybridized carbons (Fsp3) is 0.300. The van der Waals surface area contributed by atoms with Crippen molar-refractivity contribution in [3.8, 4) is 17.2 Å². The highest BCUT2D eigenvalue weighted by Gasteiger charge is 2.20. The Hall–Kier alpha value is -3.22. The SMILES string of the molecule is CCOc1ccc(NC(=O)[C@H](C)OC(=O)c2cc(OC)cc(OC)c2)cc1. The molecule has 27 heavy (non-hydrogen) atoms. The molecule has 0 saturated heterocycles. The molecule has 0 aromatic heterocycles. The molecule has 0 aliphatic rings. The number of hydrogen-bond donors (Lipinski definition) is 1. The third-order valence-electron chi connectivity index (χ3n) is 3.67. The van der Waals surface area contributed by atoms with E-state index in [1.807, 2.05) is 6.92 Å². The first kappa shape index (κ1) is 20.1. The van der Waals surface area contributed by atoms with Gasteiger partial charge < -0.3 is 24.3 Å². The third-order valence-corrected chi connectivity index (χ3v) is 3.67. The Morgan fingerprint density at radius 3 is 2.07 bits per heavy atom. The molecule has 0 heterocycles. The van der Waals surface area contributed by atoms with Gasteiger partial charge in [0.15, 0.2) is 6.10 Å². The standard InChI is InChI=1S/C20H23NO6/c1-5-26-16-8-6-15(7-9-16)21-19(22)13(2)27-20(23)14-10-17(24-3)12-18(11-14)25-4/h6-13H,5H2,1-4H3,(H,21,22)/t13-/m0/s1. The second kappa shape index (κ2) is 9.47. The highest BCUT2D eigenvalue weighted by atomic mass is 16.5. The van der Waals surface area contributed by atoms with Crippen LogP contribution in [0.4, 0.5) is 5.69 Å². The fourth-order valence-electron chi connectivity index (χ4n) is 2.25. The molecule has 0 aliphatic carbocycles. The predicted octanol–water partition coefficient (Wildman–Crippen LogP) is 3.29. The van der Waals surface area contributed by atoms with E-state index in [-0.39, 0.29) is 5.56 Å². The first-order valence-electron chi connectivity index (χ1n) is 8.44. The number of rotatable bonds is 8. The van der Waals surface area contributed by atoms with E-state index >= 15 is 0 Å². The number of benzene rings is 2. The Bertz CT molecular complexity index is 765. The van der Waals surface area contributed by atoms with E-state index < -0.39 is 18.0 Å². The summed E-state index contributed by atoms with van der Waals surface area (Å²) in [5, 5.41) is 2.69. The quantitative estimate of drug-likeness (QED) is 0.715. The van der Waals surface area contributed by atoms with Gasteiger partial charge in [0.2, 0.25) is 0 Å². The molecule has 0 unspecified atom stereocenters. The number of anilines is 1. The van der Waals surface area contributed by atoms with Gasteiger partial charge in [-0.3, -0.25) is 4.79 Å². The van der Waals surface area contributed by atoms with Gasteiger partial charge in [-0.15, -0.1) is 0 Å². The molecule has 1 N–H and O–H groups in total. The molecule has 2 aromatic rings. The van der Waals surface area contributed by atoms with Crippen molar-refractivity contribution in [1.82, 2.24) is 0 Å². The minimum atomic E-state index is -0.985. The van der Waals surface area contributed by atoms with Crippen molar-refractivity contribution in [2.75, 3.05) is 26.1 Å². The van der Waals surface area contributed by atoms with Crippen molar-refractivity contribution >= 4 is 17.6 Å². The molecule has 0 spiro atoms. The lowest BCUT2D eigenvalue weighted by Gasteiger charge is -2.14. The van der Waals surface area contributed by atoms with Gasteiger partial charge in [0.25, 0.3) is 5.91 Å². The summed E-state index contributed by atoms with van der Waals surface area (Å²) in [4.78, 5) is 24.6. The summed E-state index contributed by atoms with van der Waals surface area (Å²) < 4.78 is 20.9. The second-order valence-electron chi connectivity index (χ2n) is 5.60. The Morgan fingerprint density at radius 1 is 0.963 bits per heavy atom. The lowest BCUT2D eigenvalue weighted by molar-refractivity contribution is -0.123. The number of ether oxygens (including phenoxy) is 4. The summed E-state index contributed by atoms with van der Waals surface area (Å²) >= 11 is 0. The highest BCUT2D eigenvalue weighted by molar-refractivity contribution is 5.97. The van der Waals surface area contributed by atoms with Gasteiger partial charge in [-0.1, -0.05) is 0 Å². The van der Waals surface area contributed by atoms with Crippen molar-refractivity contribution in [1.29, 1.82) is 0 Å². The van der Waals surface area contributed by atoms with Crippen molar-refractivity contribution in [3.05, 3.63) is 48.0 Å². The first-order chi connectivity index (χ1) is 13.0. The van der Waals surface area contributed by atoms with E-state index in [2.05, 4.69) is 5.32 Å². The minimum absolute atomic E-state index is 0.229. The van der Waals surface area contributed by atoms with E-state index in [1.54, 1.807) is 30.3 Å². The average Bonchev–Trinajstić information content (AvgIpc) is 2.69. The molecule has 0 saturated carbocycles. The minimum Gasteiger partial charge on any atom is -0.497 e. The van der Waals surface area contributed by atoms with Crippen LogP contribution >= 0.6 is 0 Å². The Balaban J connectivity index is 2.00. The van der Waals surface area contributed by atoms with Crippen LogP contribution in [-0.4, -0.2) is 38.8 Å². The van der Waals surface area contributed by atoms with Crippen LogP contribution in [-0.2, 0) is 9.53 Å². The molecule has 7 nitrogen and oxygen atoms in total. The zero-order valence-electron chi connectivity index (χ0n) is 15.8. The summed E-state index contributed by atoms with van der Waals surface area (Å²) in [6.45, 7) is 3.95. The molecule has 2 rings (SSSR count). The van der Waals surface area contributed by atoms with Crippen LogP contribution in [0.3, 0.4) is 0 Å². The van der Waals surface area contributed by atoms with Gasteiger partial charge >= 0.3 is 5.97 Å². The van der Waals surface area contributed by atoms with E-state index in [9.17, 15) is 9.59 Å². The van der Waals surface area contributed by atoms with Gasteiger partial charge in [-0.05, 0) is 50.2 Å². The average molecular weight is 373 g/mol. The predicted molar refractivity (Wildman–Crippen MR) is 101 cm³/mol. The number of hydrogen-bond acceptors (Lipinski definition) is 6. The topological polar surface area (TPSA) is 83.1 Å². The van der Waals surface area contributed by atoms with Crippen molar-refractivity contribution in [2.45, 2.75) is 20.0 Å². The lowest BCUT2D eigenvalue weighted by Crippen LogP contribution is -2.30. The van der Waals surface area contributed by atoms with E-state index in [0.29, 0.717) is 29.5 Å². The molecule has 2 aromatic carbocycles. The smallest absolute Gasteiger partial charge is 0.339 e. The van der Waals surface area contributed by atoms with Crippen LogP contribution in [0.25, 0.3) is 0 Å². The first-order valence-corrected chi connectivity index (χ1v) is 8.44. The summed E-state index contributed by atoms with van der Waals surface area (Å²) in [6, 6.07) is 11.6. The fourth-order valence-corrected chi connectivity index (χ4v) is 2.25. The van der Waals surface area contributed by atoms with E-state index in [1.165, 1.54) is 33.3 Å². The van der Waals surface area contributed by atoms with Gasteiger partial charge in [0.1, 0.15) is 17.2 Å². The van der Waals surface area contributed by atoms with Crippen LogP contribution in [0, 0.1) is 0 Å². The number of carbonyl (C=O) groups excluding carboxylic acids is 2. The lowest BCUT2D eigenvalue weighted by atomic mass is 10.2. The molecule has 1 amide bonds. The summed E-state index contributed by atoms with van der Waals surface area (Å²) in [5.41, 5.74) is 0.807. The molecule has 0 bridgehead atoms. The molecule has 144 valence electrons. The number of amides is 1. The summed E-state index contributed by atoms with van der Waals surface area (Å²) in [7, 11) is 2.97. The maximum absolute atomic E-state index is 12.3. The molecule has 1 atom stereocenters. The molecule has 0 aliphatic heterocycles. The molecular weight excluding hydrogens is 350 g/mol. The maximum atomic E-state index is 12.3. The van der Waals surface area contributed by atoms with Gasteiger partial charge in [0, 0.05) is 11.8 Å². The van der Waals surface area contributed by atoms with Gasteiger partial charge in [-0.25, -0.2) is 4.79 Å². The summed E-state index contributed by atoms with van der Waals surface area (Å²) in [6.07, 6.45) is -0.985. The molecular formula is C20H23NO6. The number of methoxy groups -OCH3 is 2. The molecule has 0 radical (unpaired) electrons. The summed E-state index contributed by atoms with van der Waals surface area (Å²) in [5.74, 6) is 0.520. The third kappa shape index (κ3) is 5.64. The van der Waals surface area contributed by atoms with Crippen LogP contribution in [0.15, 0.2) is 42.5 Å². The van der Waals surface area contributed by atoms with Crippen LogP contribution in [0.2, 0.25) is 0 Å². The Morgan fingerprint density at radius 2 is 1.56 bits per heavy atom. The van der Waals surface area contributed by atoms with Crippen molar-refractivity contribution < 1.29 is 28.5 Å². The largest absolute Gasteiger partial charge is 0.497 e. The van der Waals surface area contributed by atoms with Crippen LogP contribution in [0.1, 0.15) is 24.2 Å². The monoisotopic (exact) mass is 373 g/mol.